The van der Waals surface area contributed by atoms with E-state index in [9.17, 15) is 18.0 Å². The van der Waals surface area contributed by atoms with Crippen LogP contribution in [0.3, 0.4) is 0 Å². The van der Waals surface area contributed by atoms with Gasteiger partial charge in [-0.15, -0.1) is 11.3 Å². The van der Waals surface area contributed by atoms with Crippen LogP contribution in [-0.2, 0) is 32.4 Å². The molecule has 0 aliphatic carbocycles. The highest BCUT2D eigenvalue weighted by Crippen LogP contribution is 2.30. The molecule has 0 bridgehead atoms. The van der Waals surface area contributed by atoms with E-state index in [1.807, 2.05) is 91.5 Å². The van der Waals surface area contributed by atoms with Crippen LogP contribution in [0, 0.1) is 13.8 Å². The third-order valence-electron chi connectivity index (χ3n) is 7.15. The monoisotopic (exact) mass is 615 g/mol. The molecule has 1 N–H and O–H groups in total. The third-order valence-corrected chi connectivity index (χ3v) is 7.98. The molecule has 1 aromatic heterocycles. The molecule has 5 rings (SSSR count). The standard InChI is InChI=1S/C35H32F3N3O2S/c1-24-11-14-30(17-25(24)2)39-34(42)32-23-44-33(40-32)21-41(20-28-9-6-10-29(18-28)35(36,37)38)19-26-12-15-31(16-13-26)43-22-27-7-4-3-5-8-27/h3-18,23H,19-22H2,1-2H3,(H,39,42). The largest absolute Gasteiger partial charge is 0.489 e. The number of hydrogen-bond donors (Lipinski definition) is 1. The maximum atomic E-state index is 13.4. The second-order valence-electron chi connectivity index (χ2n) is 10.6. The van der Waals surface area contributed by atoms with E-state index in [0.717, 1.165) is 34.1 Å². The van der Waals surface area contributed by atoms with E-state index >= 15 is 0 Å². The molecule has 9 heteroatoms. The molecule has 226 valence electrons. The van der Waals surface area contributed by atoms with Crippen molar-refractivity contribution in [2.45, 2.75) is 46.3 Å². The summed E-state index contributed by atoms with van der Waals surface area (Å²) in [7, 11) is 0. The average Bonchev–Trinajstić information content (AvgIpc) is 3.47. The Morgan fingerprint density at radius 3 is 2.27 bits per heavy atom. The molecule has 0 fully saturated rings. The molecule has 0 saturated carbocycles. The highest BCUT2D eigenvalue weighted by molar-refractivity contribution is 7.09. The summed E-state index contributed by atoms with van der Waals surface area (Å²) in [5.41, 5.74) is 5.07. The van der Waals surface area contributed by atoms with Crippen LogP contribution in [-0.4, -0.2) is 15.8 Å². The highest BCUT2D eigenvalue weighted by Gasteiger charge is 2.30. The lowest BCUT2D eigenvalue weighted by atomic mass is 10.1. The second-order valence-corrected chi connectivity index (χ2v) is 11.6. The predicted molar refractivity (Wildman–Crippen MR) is 168 cm³/mol. The van der Waals surface area contributed by atoms with E-state index in [0.29, 0.717) is 41.6 Å². The molecule has 1 amide bonds. The summed E-state index contributed by atoms with van der Waals surface area (Å²) < 4.78 is 46.1. The van der Waals surface area contributed by atoms with E-state index in [-0.39, 0.29) is 12.5 Å². The van der Waals surface area contributed by atoms with Crippen molar-refractivity contribution in [3.05, 3.63) is 147 Å². The molecule has 0 unspecified atom stereocenters. The fraction of sp³-hybridized carbons (Fsp3) is 0.200. The lowest BCUT2D eigenvalue weighted by Crippen LogP contribution is -2.23. The zero-order valence-corrected chi connectivity index (χ0v) is 25.2. The smallest absolute Gasteiger partial charge is 0.416 e. The number of rotatable bonds is 11. The van der Waals surface area contributed by atoms with Crippen molar-refractivity contribution in [1.29, 1.82) is 0 Å². The van der Waals surface area contributed by atoms with E-state index in [2.05, 4.69) is 10.3 Å². The highest BCUT2D eigenvalue weighted by atomic mass is 32.1. The molecular formula is C35H32F3N3O2S. The maximum Gasteiger partial charge on any atom is 0.416 e. The number of ether oxygens (including phenoxy) is 1. The lowest BCUT2D eigenvalue weighted by Gasteiger charge is -2.22. The summed E-state index contributed by atoms with van der Waals surface area (Å²) in [4.78, 5) is 19.5. The first-order valence-corrected chi connectivity index (χ1v) is 15.0. The molecule has 44 heavy (non-hydrogen) atoms. The SMILES string of the molecule is Cc1ccc(NC(=O)c2csc(CN(Cc3ccc(OCc4ccccc4)cc3)Cc3cccc(C(F)(F)F)c3)n2)cc1C. The number of alkyl halides is 3. The quantitative estimate of drug-likeness (QED) is 0.161. The molecule has 0 radical (unpaired) electrons. The number of hydrogen-bond acceptors (Lipinski definition) is 5. The van der Waals surface area contributed by atoms with Crippen molar-refractivity contribution in [1.82, 2.24) is 9.88 Å². The van der Waals surface area contributed by atoms with Gasteiger partial charge in [0.2, 0.25) is 0 Å². The first kappa shape index (κ1) is 31.0. The van der Waals surface area contributed by atoms with E-state index in [1.165, 1.54) is 23.5 Å². The van der Waals surface area contributed by atoms with E-state index in [1.54, 1.807) is 11.4 Å². The Balaban J connectivity index is 1.30. The molecule has 5 aromatic rings. The normalized spacial score (nSPS) is 11.5. The number of nitrogens with zero attached hydrogens (tertiary/aromatic N) is 2. The molecule has 0 spiro atoms. The molecule has 0 saturated heterocycles. The van der Waals surface area contributed by atoms with Crippen LogP contribution < -0.4 is 10.1 Å². The van der Waals surface area contributed by atoms with Gasteiger partial charge in [0, 0.05) is 24.2 Å². The number of benzene rings is 4. The maximum absolute atomic E-state index is 13.4. The topological polar surface area (TPSA) is 54.5 Å². The lowest BCUT2D eigenvalue weighted by molar-refractivity contribution is -0.137. The molecule has 4 aromatic carbocycles. The van der Waals surface area contributed by atoms with Gasteiger partial charge in [-0.05, 0) is 72.0 Å². The minimum atomic E-state index is -4.43. The Morgan fingerprint density at radius 1 is 0.818 bits per heavy atom. The molecule has 5 nitrogen and oxygen atoms in total. The minimum Gasteiger partial charge on any atom is -0.489 e. The van der Waals surface area contributed by atoms with Gasteiger partial charge < -0.3 is 10.1 Å². The van der Waals surface area contributed by atoms with E-state index in [4.69, 9.17) is 4.74 Å². The Morgan fingerprint density at radius 2 is 1.55 bits per heavy atom. The number of carbonyl (C=O) groups is 1. The van der Waals surface area contributed by atoms with Gasteiger partial charge in [0.05, 0.1) is 12.1 Å². The Labute approximate surface area is 259 Å². The predicted octanol–water partition coefficient (Wildman–Crippen LogP) is 8.81. The molecule has 0 aliphatic rings. The van der Waals surface area contributed by atoms with Crippen molar-refractivity contribution in [3.63, 3.8) is 0 Å². The van der Waals surface area contributed by atoms with Crippen LogP contribution >= 0.6 is 11.3 Å². The van der Waals surface area contributed by atoms with Crippen molar-refractivity contribution in [2.75, 3.05) is 5.32 Å². The molecule has 0 aliphatic heterocycles. The number of thiazole rings is 1. The van der Waals surface area contributed by atoms with Gasteiger partial charge >= 0.3 is 6.18 Å². The minimum absolute atomic E-state index is 0.264. The van der Waals surface area contributed by atoms with Crippen LogP contribution in [0.15, 0.2) is 102 Å². The van der Waals surface area contributed by atoms with Crippen molar-refractivity contribution in [2.24, 2.45) is 0 Å². The van der Waals surface area contributed by atoms with Gasteiger partial charge in [0.1, 0.15) is 23.1 Å². The van der Waals surface area contributed by atoms with Gasteiger partial charge in [-0.1, -0.05) is 66.7 Å². The number of carbonyl (C=O) groups excluding carboxylic acids is 1. The number of amides is 1. The summed E-state index contributed by atoms with van der Waals surface area (Å²) in [5, 5.41) is 5.28. The van der Waals surface area contributed by atoms with Gasteiger partial charge in [-0.2, -0.15) is 13.2 Å². The Kier molecular flexibility index (Phi) is 9.77. The fourth-order valence-electron chi connectivity index (χ4n) is 4.66. The number of aryl methyl sites for hydroxylation is 2. The Hall–Kier alpha value is -4.47. The zero-order chi connectivity index (χ0) is 31.1. The second kappa shape index (κ2) is 13.9. The van der Waals surface area contributed by atoms with Gasteiger partial charge in [-0.25, -0.2) is 4.98 Å². The molecule has 0 atom stereocenters. The van der Waals surface area contributed by atoms with Crippen molar-refractivity contribution >= 4 is 22.9 Å². The summed E-state index contributed by atoms with van der Waals surface area (Å²) in [6, 6.07) is 28.6. The van der Waals surface area contributed by atoms with Gasteiger partial charge in [-0.3, -0.25) is 9.69 Å². The van der Waals surface area contributed by atoms with Crippen LogP contribution in [0.2, 0.25) is 0 Å². The number of halogens is 3. The van der Waals surface area contributed by atoms with Gasteiger partial charge in [0.15, 0.2) is 0 Å². The summed E-state index contributed by atoms with van der Waals surface area (Å²) in [6.07, 6.45) is -4.43. The number of aromatic nitrogens is 1. The van der Waals surface area contributed by atoms with Crippen molar-refractivity contribution < 1.29 is 22.7 Å². The van der Waals surface area contributed by atoms with Crippen LogP contribution in [0.4, 0.5) is 18.9 Å². The first-order valence-electron chi connectivity index (χ1n) is 14.1. The summed E-state index contributed by atoms with van der Waals surface area (Å²) in [6.45, 7) is 5.51. The summed E-state index contributed by atoms with van der Waals surface area (Å²) >= 11 is 1.34. The summed E-state index contributed by atoms with van der Waals surface area (Å²) in [5.74, 6) is 0.410. The third kappa shape index (κ3) is 8.55. The Bertz CT molecular complexity index is 1700. The van der Waals surface area contributed by atoms with Crippen LogP contribution in [0.5, 0.6) is 5.75 Å². The van der Waals surface area contributed by atoms with Gasteiger partial charge in [0.25, 0.3) is 5.91 Å². The van der Waals surface area contributed by atoms with E-state index < -0.39 is 11.7 Å². The zero-order valence-electron chi connectivity index (χ0n) is 24.4. The first-order chi connectivity index (χ1) is 21.1. The van der Waals surface area contributed by atoms with Crippen LogP contribution in [0.1, 0.15) is 48.9 Å². The fourth-order valence-corrected chi connectivity index (χ4v) is 5.47. The number of anilines is 1. The average molecular weight is 616 g/mol. The van der Waals surface area contributed by atoms with Crippen LogP contribution in [0.25, 0.3) is 0 Å². The molecular weight excluding hydrogens is 583 g/mol. The number of nitrogens with one attached hydrogen (secondary N) is 1. The van der Waals surface area contributed by atoms with Crippen molar-refractivity contribution in [3.8, 4) is 5.75 Å². The molecule has 1 heterocycles.